The van der Waals surface area contributed by atoms with Crippen LogP contribution in [0.1, 0.15) is 26.3 Å². The summed E-state index contributed by atoms with van der Waals surface area (Å²) in [5.41, 5.74) is 0.750. The van der Waals surface area contributed by atoms with Gasteiger partial charge in [0.05, 0.1) is 4.92 Å². The molecule has 17 heavy (non-hydrogen) atoms. The van der Waals surface area contributed by atoms with Crippen molar-refractivity contribution in [1.82, 2.24) is 0 Å². The molecule has 0 fully saturated rings. The van der Waals surface area contributed by atoms with Crippen molar-refractivity contribution in [1.29, 1.82) is 0 Å². The van der Waals surface area contributed by atoms with Gasteiger partial charge in [-0.15, -0.1) is 0 Å². The summed E-state index contributed by atoms with van der Waals surface area (Å²) in [5, 5.41) is 14.3. The summed E-state index contributed by atoms with van der Waals surface area (Å²) in [7, 11) is 0. The van der Waals surface area contributed by atoms with E-state index in [1.165, 1.54) is 12.1 Å². The zero-order valence-corrected chi connectivity index (χ0v) is 10.2. The van der Waals surface area contributed by atoms with Gasteiger partial charge in [-0.2, -0.15) is 0 Å². The first-order valence-electron chi connectivity index (χ1n) is 5.32. The summed E-state index contributed by atoms with van der Waals surface area (Å²) in [6, 6.07) is 6.38. The monoisotopic (exact) mass is 236 g/mol. The molecule has 0 heterocycles. The third-order valence-corrected chi connectivity index (χ3v) is 1.88. The van der Waals surface area contributed by atoms with Crippen molar-refractivity contribution in [3.8, 4) is 0 Å². The Kier molecular flexibility index (Phi) is 4.20. The second-order valence-electron chi connectivity index (χ2n) is 4.62. The van der Waals surface area contributed by atoms with Gasteiger partial charge in [0.15, 0.2) is 0 Å². The number of hydrogen-bond acceptors (Lipinski definition) is 4. The van der Waals surface area contributed by atoms with Crippen molar-refractivity contribution in [2.24, 2.45) is 5.16 Å². The van der Waals surface area contributed by atoms with E-state index < -0.39 is 4.92 Å². The average molecular weight is 236 g/mol. The standard InChI is InChI=1S/C12H16N2O3/c1-12(2,3)17-13-9-8-10-4-6-11(7-5-10)14(15)16/h4-7,9H,8H2,1-3H3/b13-9-. The Morgan fingerprint density at radius 3 is 2.41 bits per heavy atom. The lowest BCUT2D eigenvalue weighted by Gasteiger charge is -2.14. The van der Waals surface area contributed by atoms with Gasteiger partial charge in [0, 0.05) is 24.8 Å². The highest BCUT2D eigenvalue weighted by atomic mass is 16.6. The highest BCUT2D eigenvalue weighted by Crippen LogP contribution is 2.12. The minimum atomic E-state index is -0.416. The lowest BCUT2D eigenvalue weighted by molar-refractivity contribution is -0.384. The van der Waals surface area contributed by atoms with Crippen LogP contribution in [-0.4, -0.2) is 16.7 Å². The first-order valence-corrected chi connectivity index (χ1v) is 5.32. The molecule has 0 atom stereocenters. The van der Waals surface area contributed by atoms with Crippen LogP contribution in [0.5, 0.6) is 0 Å². The lowest BCUT2D eigenvalue weighted by Crippen LogP contribution is -2.15. The molecule has 0 aliphatic heterocycles. The van der Waals surface area contributed by atoms with E-state index in [2.05, 4.69) is 5.16 Å². The summed E-state index contributed by atoms with van der Waals surface area (Å²) in [6.07, 6.45) is 2.24. The molecule has 5 nitrogen and oxygen atoms in total. The zero-order valence-electron chi connectivity index (χ0n) is 10.2. The molecule has 0 saturated heterocycles. The summed E-state index contributed by atoms with van der Waals surface area (Å²) >= 11 is 0. The summed E-state index contributed by atoms with van der Waals surface area (Å²) in [6.45, 7) is 5.74. The molecular formula is C12H16N2O3. The van der Waals surface area contributed by atoms with Crippen molar-refractivity contribution in [3.63, 3.8) is 0 Å². The molecule has 1 aromatic carbocycles. The Labute approximate surface area is 100 Å². The predicted octanol–water partition coefficient (Wildman–Crippen LogP) is 2.94. The van der Waals surface area contributed by atoms with Crippen molar-refractivity contribution in [2.45, 2.75) is 32.8 Å². The van der Waals surface area contributed by atoms with E-state index >= 15 is 0 Å². The van der Waals surface area contributed by atoms with Gasteiger partial charge in [-0.3, -0.25) is 10.1 Å². The van der Waals surface area contributed by atoms with Gasteiger partial charge >= 0.3 is 0 Å². The van der Waals surface area contributed by atoms with E-state index in [0.717, 1.165) is 5.56 Å². The highest BCUT2D eigenvalue weighted by Gasteiger charge is 2.09. The maximum absolute atomic E-state index is 10.4. The van der Waals surface area contributed by atoms with Crippen molar-refractivity contribution >= 4 is 11.9 Å². The van der Waals surface area contributed by atoms with Crippen molar-refractivity contribution < 1.29 is 9.76 Å². The van der Waals surface area contributed by atoms with E-state index in [-0.39, 0.29) is 11.3 Å². The molecule has 0 aliphatic carbocycles. The second kappa shape index (κ2) is 5.43. The van der Waals surface area contributed by atoms with Crippen LogP contribution in [0.4, 0.5) is 5.69 Å². The third-order valence-electron chi connectivity index (χ3n) is 1.88. The van der Waals surface area contributed by atoms with Gasteiger partial charge < -0.3 is 4.84 Å². The minimum absolute atomic E-state index is 0.0941. The van der Waals surface area contributed by atoms with Gasteiger partial charge in [-0.1, -0.05) is 17.3 Å². The first-order chi connectivity index (χ1) is 7.88. The van der Waals surface area contributed by atoms with Gasteiger partial charge in [0.1, 0.15) is 5.60 Å². The van der Waals surface area contributed by atoms with E-state index in [1.54, 1.807) is 18.3 Å². The summed E-state index contributed by atoms with van der Waals surface area (Å²) in [4.78, 5) is 15.2. The number of non-ortho nitro benzene ring substituents is 1. The molecular weight excluding hydrogens is 220 g/mol. The maximum Gasteiger partial charge on any atom is 0.269 e. The Morgan fingerprint density at radius 1 is 1.35 bits per heavy atom. The van der Waals surface area contributed by atoms with E-state index in [0.29, 0.717) is 6.42 Å². The first kappa shape index (κ1) is 13.2. The Balaban J connectivity index is 2.50. The van der Waals surface area contributed by atoms with Crippen LogP contribution in [0, 0.1) is 10.1 Å². The lowest BCUT2D eigenvalue weighted by atomic mass is 10.1. The van der Waals surface area contributed by atoms with Gasteiger partial charge in [-0.25, -0.2) is 0 Å². The number of oxime groups is 1. The molecule has 0 unspecified atom stereocenters. The zero-order chi connectivity index (χ0) is 12.9. The van der Waals surface area contributed by atoms with Crippen LogP contribution in [0.15, 0.2) is 29.4 Å². The molecule has 92 valence electrons. The van der Waals surface area contributed by atoms with Crippen LogP contribution < -0.4 is 0 Å². The highest BCUT2D eigenvalue weighted by molar-refractivity contribution is 5.61. The number of nitro groups is 1. The predicted molar refractivity (Wildman–Crippen MR) is 66.1 cm³/mol. The van der Waals surface area contributed by atoms with Crippen molar-refractivity contribution in [3.05, 3.63) is 39.9 Å². The molecule has 1 aromatic rings. The SMILES string of the molecule is CC(C)(C)O/N=C\Cc1ccc([N+](=O)[O-])cc1. The van der Waals surface area contributed by atoms with E-state index in [9.17, 15) is 10.1 Å². The largest absolute Gasteiger partial charge is 0.390 e. The van der Waals surface area contributed by atoms with Crippen molar-refractivity contribution in [2.75, 3.05) is 0 Å². The quantitative estimate of drug-likeness (QED) is 0.458. The van der Waals surface area contributed by atoms with Gasteiger partial charge in [0.2, 0.25) is 0 Å². The van der Waals surface area contributed by atoms with Crippen LogP contribution in [-0.2, 0) is 11.3 Å². The molecule has 0 spiro atoms. The molecule has 5 heteroatoms. The fourth-order valence-electron chi connectivity index (χ4n) is 1.09. The van der Waals surface area contributed by atoms with Crippen LogP contribution in [0.3, 0.4) is 0 Å². The molecule has 0 radical (unpaired) electrons. The minimum Gasteiger partial charge on any atom is -0.390 e. The Morgan fingerprint density at radius 2 is 1.94 bits per heavy atom. The normalized spacial score (nSPS) is 11.7. The summed E-state index contributed by atoms with van der Waals surface area (Å²) in [5.74, 6) is 0. The molecule has 0 bridgehead atoms. The summed E-state index contributed by atoms with van der Waals surface area (Å²) < 4.78 is 0. The molecule has 0 aliphatic rings. The Hall–Kier alpha value is -1.91. The third kappa shape index (κ3) is 5.10. The van der Waals surface area contributed by atoms with Gasteiger partial charge in [-0.05, 0) is 26.3 Å². The number of hydrogen-bond donors (Lipinski definition) is 0. The average Bonchev–Trinajstić information content (AvgIpc) is 2.24. The molecule has 0 N–H and O–H groups in total. The topological polar surface area (TPSA) is 64.7 Å². The van der Waals surface area contributed by atoms with Crippen LogP contribution in [0.25, 0.3) is 0 Å². The number of rotatable bonds is 4. The molecule has 0 amide bonds. The van der Waals surface area contributed by atoms with Crippen LogP contribution >= 0.6 is 0 Å². The fraction of sp³-hybridized carbons (Fsp3) is 0.417. The van der Waals surface area contributed by atoms with Gasteiger partial charge in [0.25, 0.3) is 5.69 Å². The molecule has 0 aromatic heterocycles. The second-order valence-corrected chi connectivity index (χ2v) is 4.62. The smallest absolute Gasteiger partial charge is 0.269 e. The van der Waals surface area contributed by atoms with E-state index in [1.807, 2.05) is 20.8 Å². The number of benzene rings is 1. The fourth-order valence-corrected chi connectivity index (χ4v) is 1.09. The number of nitrogens with zero attached hydrogens (tertiary/aromatic N) is 2. The Bertz CT molecular complexity index is 405. The van der Waals surface area contributed by atoms with E-state index in [4.69, 9.17) is 4.84 Å². The maximum atomic E-state index is 10.4. The molecule has 0 saturated carbocycles. The van der Waals surface area contributed by atoms with Crippen LogP contribution in [0.2, 0.25) is 0 Å². The number of nitro benzene ring substituents is 1. The molecule has 1 rings (SSSR count).